The minimum absolute atomic E-state index is 0. The maximum absolute atomic E-state index is 12.2. The predicted octanol–water partition coefficient (Wildman–Crippen LogP) is 1.16. The highest BCUT2D eigenvalue weighted by Crippen LogP contribution is 2.30. The van der Waals surface area contributed by atoms with E-state index in [2.05, 4.69) is 22.5 Å². The molecule has 8 heteroatoms. The molecule has 1 saturated carbocycles. The maximum Gasteiger partial charge on any atom is 0.191 e. The fourth-order valence-electron chi connectivity index (χ4n) is 2.63. The Morgan fingerprint density at radius 1 is 1.36 bits per heavy atom. The average Bonchev–Trinajstić information content (AvgIpc) is 3.11. The van der Waals surface area contributed by atoms with Crippen LogP contribution in [0.3, 0.4) is 0 Å². The highest BCUT2D eigenvalue weighted by molar-refractivity contribution is 14.0. The van der Waals surface area contributed by atoms with E-state index in [9.17, 15) is 8.42 Å². The molecule has 2 rings (SSSR count). The Bertz CT molecular complexity index is 490. The van der Waals surface area contributed by atoms with Crippen LogP contribution in [0.4, 0.5) is 0 Å². The molecule has 0 aromatic rings. The molecule has 2 unspecified atom stereocenters. The van der Waals surface area contributed by atoms with Crippen molar-refractivity contribution in [1.29, 1.82) is 0 Å². The molecule has 0 aromatic carbocycles. The van der Waals surface area contributed by atoms with Crippen LogP contribution in [0.15, 0.2) is 4.99 Å². The van der Waals surface area contributed by atoms with Gasteiger partial charge in [0.15, 0.2) is 15.8 Å². The monoisotopic (exact) mass is 445 g/mol. The molecule has 2 fully saturated rings. The second kappa shape index (κ2) is 8.14. The molecule has 2 atom stereocenters. The molecule has 0 radical (unpaired) electrons. The molecule has 1 aliphatic carbocycles. The van der Waals surface area contributed by atoms with E-state index in [1.807, 2.05) is 6.92 Å². The highest BCUT2D eigenvalue weighted by Gasteiger charge is 2.42. The van der Waals surface area contributed by atoms with Crippen molar-refractivity contribution in [2.45, 2.75) is 43.9 Å². The Morgan fingerprint density at radius 2 is 1.95 bits per heavy atom. The number of ether oxygens (including phenoxy) is 1. The van der Waals surface area contributed by atoms with Crippen LogP contribution in [0.1, 0.15) is 33.1 Å². The van der Waals surface area contributed by atoms with E-state index in [-0.39, 0.29) is 24.0 Å². The molecule has 130 valence electrons. The third kappa shape index (κ3) is 4.95. The number of rotatable bonds is 5. The first-order valence-corrected chi connectivity index (χ1v) is 9.59. The number of hydrogen-bond donors (Lipinski definition) is 2. The lowest BCUT2D eigenvalue weighted by molar-refractivity contribution is 0.0768. The first-order chi connectivity index (χ1) is 9.88. The second-order valence-electron chi connectivity index (χ2n) is 6.23. The summed E-state index contributed by atoms with van der Waals surface area (Å²) in [5, 5.41) is 6.56. The summed E-state index contributed by atoms with van der Waals surface area (Å²) in [6.45, 7) is 6.25. The molecule has 0 bridgehead atoms. The lowest BCUT2D eigenvalue weighted by Crippen LogP contribution is -2.47. The summed E-state index contributed by atoms with van der Waals surface area (Å²) in [4.78, 5) is 4.55. The van der Waals surface area contributed by atoms with Crippen LogP contribution in [0, 0.1) is 5.92 Å². The normalized spacial score (nSPS) is 27.7. The van der Waals surface area contributed by atoms with E-state index in [0.29, 0.717) is 44.6 Å². The van der Waals surface area contributed by atoms with Crippen molar-refractivity contribution in [1.82, 2.24) is 10.6 Å². The van der Waals surface area contributed by atoms with Gasteiger partial charge in [0, 0.05) is 32.1 Å². The summed E-state index contributed by atoms with van der Waals surface area (Å²) >= 11 is 0. The Balaban J connectivity index is 0.00000242. The molecule has 1 aliphatic heterocycles. The van der Waals surface area contributed by atoms with Crippen molar-refractivity contribution in [2.75, 3.05) is 32.6 Å². The quantitative estimate of drug-likeness (QED) is 0.377. The van der Waals surface area contributed by atoms with Gasteiger partial charge in [0.2, 0.25) is 0 Å². The molecule has 2 N–H and O–H groups in total. The summed E-state index contributed by atoms with van der Waals surface area (Å²) in [7, 11) is -3.16. The van der Waals surface area contributed by atoms with Gasteiger partial charge in [0.25, 0.3) is 0 Å². The van der Waals surface area contributed by atoms with Gasteiger partial charge < -0.3 is 15.4 Å². The van der Waals surface area contributed by atoms with Crippen molar-refractivity contribution >= 4 is 39.8 Å². The van der Waals surface area contributed by atoms with Crippen molar-refractivity contribution in [3.05, 3.63) is 0 Å². The number of halogens is 1. The number of nitrogens with zero attached hydrogens (tertiary/aromatic N) is 1. The Hall–Kier alpha value is -0.0900. The van der Waals surface area contributed by atoms with E-state index in [4.69, 9.17) is 4.74 Å². The van der Waals surface area contributed by atoms with Gasteiger partial charge in [-0.15, -0.1) is 24.0 Å². The fraction of sp³-hybridized carbons (Fsp3) is 0.929. The van der Waals surface area contributed by atoms with E-state index in [1.165, 1.54) is 6.26 Å². The van der Waals surface area contributed by atoms with Gasteiger partial charge in [-0.25, -0.2) is 8.42 Å². The van der Waals surface area contributed by atoms with Gasteiger partial charge in [-0.1, -0.05) is 6.92 Å². The van der Waals surface area contributed by atoms with Crippen molar-refractivity contribution in [2.24, 2.45) is 10.9 Å². The zero-order valence-corrected chi connectivity index (χ0v) is 16.7. The first-order valence-electron chi connectivity index (χ1n) is 7.70. The molecule has 0 spiro atoms. The molecule has 2 aliphatic rings. The van der Waals surface area contributed by atoms with Gasteiger partial charge in [0.1, 0.15) is 0 Å². The van der Waals surface area contributed by atoms with Crippen LogP contribution in [0.2, 0.25) is 0 Å². The van der Waals surface area contributed by atoms with Crippen LogP contribution in [0.5, 0.6) is 0 Å². The fourth-order valence-corrected chi connectivity index (χ4v) is 3.84. The van der Waals surface area contributed by atoms with Crippen molar-refractivity contribution in [3.8, 4) is 0 Å². The average molecular weight is 445 g/mol. The van der Waals surface area contributed by atoms with Gasteiger partial charge >= 0.3 is 0 Å². The van der Waals surface area contributed by atoms with Crippen molar-refractivity contribution < 1.29 is 13.2 Å². The van der Waals surface area contributed by atoms with E-state index < -0.39 is 14.6 Å². The van der Waals surface area contributed by atoms with Crippen LogP contribution in [-0.4, -0.2) is 57.7 Å². The maximum atomic E-state index is 12.2. The SMILES string of the molecule is CCNC(=NCC1(S(C)(=O)=O)CCOCC1)NC1CC1C.I. The summed E-state index contributed by atoms with van der Waals surface area (Å²) in [5.74, 6) is 1.39. The zero-order valence-electron chi connectivity index (χ0n) is 13.6. The predicted molar refractivity (Wildman–Crippen MR) is 99.7 cm³/mol. The molecular formula is C14H28IN3O3S. The summed E-state index contributed by atoms with van der Waals surface area (Å²) in [5.41, 5.74) is 0. The molecular weight excluding hydrogens is 417 g/mol. The molecule has 0 amide bonds. The van der Waals surface area contributed by atoms with E-state index in [1.54, 1.807) is 0 Å². The lowest BCUT2D eigenvalue weighted by atomic mass is 9.99. The smallest absolute Gasteiger partial charge is 0.191 e. The van der Waals surface area contributed by atoms with Gasteiger partial charge in [-0.3, -0.25) is 4.99 Å². The topological polar surface area (TPSA) is 79.8 Å². The van der Waals surface area contributed by atoms with E-state index in [0.717, 1.165) is 18.9 Å². The van der Waals surface area contributed by atoms with Gasteiger partial charge in [0.05, 0.1) is 11.3 Å². The summed E-state index contributed by atoms with van der Waals surface area (Å²) in [6.07, 6.45) is 3.51. The Morgan fingerprint density at radius 3 is 2.41 bits per heavy atom. The third-order valence-corrected chi connectivity index (χ3v) is 6.60. The van der Waals surface area contributed by atoms with Crippen LogP contribution >= 0.6 is 24.0 Å². The standard InChI is InChI=1S/C14H27N3O3S.HI/c1-4-15-13(17-12-9-11(12)2)16-10-14(21(3,18)19)5-7-20-8-6-14;/h11-12H,4-10H2,1-3H3,(H2,15,16,17);1H. The number of sulfone groups is 1. The minimum Gasteiger partial charge on any atom is -0.381 e. The van der Waals surface area contributed by atoms with Gasteiger partial charge in [-0.2, -0.15) is 0 Å². The van der Waals surface area contributed by atoms with Crippen LogP contribution < -0.4 is 10.6 Å². The lowest BCUT2D eigenvalue weighted by Gasteiger charge is -2.34. The molecule has 0 aromatic heterocycles. The largest absolute Gasteiger partial charge is 0.381 e. The number of nitrogens with one attached hydrogen (secondary N) is 2. The minimum atomic E-state index is -3.16. The van der Waals surface area contributed by atoms with Crippen molar-refractivity contribution in [3.63, 3.8) is 0 Å². The van der Waals surface area contributed by atoms with Crippen LogP contribution in [0.25, 0.3) is 0 Å². The zero-order chi connectivity index (χ0) is 15.5. The molecule has 1 heterocycles. The van der Waals surface area contributed by atoms with E-state index >= 15 is 0 Å². The van der Waals surface area contributed by atoms with Crippen LogP contribution in [-0.2, 0) is 14.6 Å². The molecule has 1 saturated heterocycles. The third-order valence-electron chi connectivity index (χ3n) is 4.49. The second-order valence-corrected chi connectivity index (χ2v) is 8.64. The molecule has 22 heavy (non-hydrogen) atoms. The first kappa shape index (κ1) is 20.0. The Kier molecular flexibility index (Phi) is 7.38. The number of aliphatic imine (C=N–C) groups is 1. The highest BCUT2D eigenvalue weighted by atomic mass is 127. The number of guanidine groups is 1. The molecule has 6 nitrogen and oxygen atoms in total. The summed E-state index contributed by atoms with van der Waals surface area (Å²) in [6, 6.07) is 0.465. The summed E-state index contributed by atoms with van der Waals surface area (Å²) < 4.78 is 28.9. The Labute approximate surface area is 150 Å². The van der Waals surface area contributed by atoms with Gasteiger partial charge in [-0.05, 0) is 32.1 Å². The number of hydrogen-bond acceptors (Lipinski definition) is 4.